The van der Waals surface area contributed by atoms with Crippen LogP contribution >= 0.6 is 11.3 Å². The first-order chi connectivity index (χ1) is 12.6. The molecule has 0 fully saturated rings. The Morgan fingerprint density at radius 3 is 2.65 bits per heavy atom. The number of amides is 1. The molecule has 3 rings (SSSR count). The van der Waals surface area contributed by atoms with Gasteiger partial charge in [0.05, 0.1) is 10.6 Å². The van der Waals surface area contributed by atoms with Crippen LogP contribution in [0, 0.1) is 0 Å². The second-order valence-corrected chi connectivity index (χ2v) is 6.63. The molecule has 0 spiro atoms. The van der Waals surface area contributed by atoms with E-state index in [9.17, 15) is 14.7 Å². The van der Waals surface area contributed by atoms with Crippen LogP contribution in [-0.2, 0) is 17.8 Å². The molecule has 0 aliphatic heterocycles. The van der Waals surface area contributed by atoms with Crippen molar-refractivity contribution >= 4 is 28.9 Å². The Morgan fingerprint density at radius 2 is 2.00 bits per heavy atom. The van der Waals surface area contributed by atoms with Gasteiger partial charge in [-0.25, -0.2) is 4.79 Å². The van der Waals surface area contributed by atoms with Gasteiger partial charge in [0.25, 0.3) is 0 Å². The zero-order valence-corrected chi connectivity index (χ0v) is 15.1. The Bertz CT molecular complexity index is 915. The fourth-order valence-electron chi connectivity index (χ4n) is 2.62. The third-order valence-corrected chi connectivity index (χ3v) is 4.96. The maximum atomic E-state index is 12.2. The summed E-state index contributed by atoms with van der Waals surface area (Å²) in [6.07, 6.45) is 2.70. The summed E-state index contributed by atoms with van der Waals surface area (Å²) in [5.41, 5.74) is 2.07. The van der Waals surface area contributed by atoms with Crippen LogP contribution in [-0.4, -0.2) is 26.8 Å². The standard InChI is InChI=1S/C19H19N3O3S/c1-2-22-11-10-14(21-22)18-17(19(24)25)15(12-26-18)20-16(23)9-8-13-6-4-3-5-7-13/h3-7,10-12H,2,8-9H2,1H3,(H,20,23)(H,24,25). The van der Waals surface area contributed by atoms with Crippen LogP contribution in [0.1, 0.15) is 29.3 Å². The van der Waals surface area contributed by atoms with E-state index in [2.05, 4.69) is 10.4 Å². The summed E-state index contributed by atoms with van der Waals surface area (Å²) in [5, 5.41) is 18.3. The lowest BCUT2D eigenvalue weighted by atomic mass is 10.1. The van der Waals surface area contributed by atoms with Crippen LogP contribution < -0.4 is 5.32 Å². The quantitative estimate of drug-likeness (QED) is 0.661. The van der Waals surface area contributed by atoms with Gasteiger partial charge in [-0.05, 0) is 25.0 Å². The number of carbonyl (C=O) groups excluding carboxylic acids is 1. The molecule has 0 aliphatic rings. The zero-order chi connectivity index (χ0) is 18.5. The molecule has 134 valence electrons. The van der Waals surface area contributed by atoms with E-state index in [1.165, 1.54) is 11.3 Å². The molecule has 0 aliphatic carbocycles. The topological polar surface area (TPSA) is 84.2 Å². The molecule has 2 heterocycles. The number of carboxylic acid groups (broad SMARTS) is 1. The molecule has 1 amide bonds. The lowest BCUT2D eigenvalue weighted by Gasteiger charge is -2.06. The van der Waals surface area contributed by atoms with Crippen molar-refractivity contribution in [1.29, 1.82) is 0 Å². The summed E-state index contributed by atoms with van der Waals surface area (Å²) in [7, 11) is 0. The summed E-state index contributed by atoms with van der Waals surface area (Å²) in [4.78, 5) is 24.5. The maximum Gasteiger partial charge on any atom is 0.339 e. The molecule has 7 heteroatoms. The number of hydrogen-bond donors (Lipinski definition) is 2. The third-order valence-electron chi connectivity index (χ3n) is 3.96. The van der Waals surface area contributed by atoms with Crippen molar-refractivity contribution in [3.05, 3.63) is 59.1 Å². The molecule has 0 saturated heterocycles. The van der Waals surface area contributed by atoms with Crippen molar-refractivity contribution in [2.75, 3.05) is 5.32 Å². The van der Waals surface area contributed by atoms with Gasteiger partial charge >= 0.3 is 5.97 Å². The number of benzene rings is 1. The van der Waals surface area contributed by atoms with E-state index in [0.717, 1.165) is 5.56 Å². The van der Waals surface area contributed by atoms with Gasteiger partial charge in [-0.2, -0.15) is 5.10 Å². The Morgan fingerprint density at radius 1 is 1.23 bits per heavy atom. The fourth-order valence-corrected chi connectivity index (χ4v) is 3.58. The van der Waals surface area contributed by atoms with Crippen molar-refractivity contribution in [2.24, 2.45) is 0 Å². The summed E-state index contributed by atoms with van der Waals surface area (Å²) < 4.78 is 1.73. The van der Waals surface area contributed by atoms with Crippen molar-refractivity contribution in [3.63, 3.8) is 0 Å². The number of carbonyl (C=O) groups is 2. The zero-order valence-electron chi connectivity index (χ0n) is 14.3. The summed E-state index contributed by atoms with van der Waals surface area (Å²) >= 11 is 1.27. The van der Waals surface area contributed by atoms with Gasteiger partial charge in [-0.15, -0.1) is 11.3 Å². The number of nitrogens with one attached hydrogen (secondary N) is 1. The second kappa shape index (κ2) is 7.97. The number of rotatable bonds is 7. The average Bonchev–Trinajstić information content (AvgIpc) is 3.27. The monoisotopic (exact) mass is 369 g/mol. The molecular weight excluding hydrogens is 350 g/mol. The molecule has 0 radical (unpaired) electrons. The van der Waals surface area contributed by atoms with Crippen LogP contribution in [0.3, 0.4) is 0 Å². The molecule has 6 nitrogen and oxygen atoms in total. The van der Waals surface area contributed by atoms with E-state index in [4.69, 9.17) is 0 Å². The summed E-state index contributed by atoms with van der Waals surface area (Å²) in [5.74, 6) is -1.29. The fraction of sp³-hybridized carbons (Fsp3) is 0.211. The molecule has 0 unspecified atom stereocenters. The number of thiophene rings is 1. The average molecular weight is 369 g/mol. The van der Waals surface area contributed by atoms with Gasteiger partial charge in [0.2, 0.25) is 5.91 Å². The number of anilines is 1. The van der Waals surface area contributed by atoms with Crippen molar-refractivity contribution in [3.8, 4) is 10.6 Å². The predicted octanol–water partition coefficient (Wildman–Crippen LogP) is 3.90. The number of aromatic carboxylic acids is 1. The smallest absolute Gasteiger partial charge is 0.339 e. The summed E-state index contributed by atoms with van der Waals surface area (Å²) in [6, 6.07) is 11.5. The largest absolute Gasteiger partial charge is 0.478 e. The first kappa shape index (κ1) is 17.9. The molecule has 26 heavy (non-hydrogen) atoms. The van der Waals surface area contributed by atoms with Gasteiger partial charge in [0.15, 0.2) is 0 Å². The number of nitrogens with zero attached hydrogens (tertiary/aromatic N) is 2. The van der Waals surface area contributed by atoms with E-state index in [0.29, 0.717) is 35.6 Å². The highest BCUT2D eigenvalue weighted by atomic mass is 32.1. The predicted molar refractivity (Wildman–Crippen MR) is 102 cm³/mol. The van der Waals surface area contributed by atoms with Crippen LogP contribution in [0.15, 0.2) is 48.0 Å². The molecule has 0 saturated carbocycles. The SMILES string of the molecule is CCn1ccc(-c2scc(NC(=O)CCc3ccccc3)c2C(=O)O)n1. The Hall–Kier alpha value is -2.93. The third kappa shape index (κ3) is 4.00. The maximum absolute atomic E-state index is 12.2. The minimum Gasteiger partial charge on any atom is -0.478 e. The molecule has 0 atom stereocenters. The second-order valence-electron chi connectivity index (χ2n) is 5.75. The molecule has 3 aromatic rings. The lowest BCUT2D eigenvalue weighted by Crippen LogP contribution is -2.14. The number of carboxylic acids is 1. The molecule has 2 aromatic heterocycles. The van der Waals surface area contributed by atoms with Crippen LogP contribution in [0.25, 0.3) is 10.6 Å². The Balaban J connectivity index is 1.75. The van der Waals surface area contributed by atoms with Gasteiger partial charge in [-0.3, -0.25) is 9.48 Å². The van der Waals surface area contributed by atoms with Gasteiger partial charge in [-0.1, -0.05) is 30.3 Å². The van der Waals surface area contributed by atoms with Crippen molar-refractivity contribution < 1.29 is 14.7 Å². The first-order valence-corrected chi connectivity index (χ1v) is 9.18. The van der Waals surface area contributed by atoms with E-state index < -0.39 is 5.97 Å². The highest BCUT2D eigenvalue weighted by molar-refractivity contribution is 7.14. The van der Waals surface area contributed by atoms with E-state index in [-0.39, 0.29) is 11.5 Å². The van der Waals surface area contributed by atoms with E-state index in [1.54, 1.807) is 22.3 Å². The van der Waals surface area contributed by atoms with Gasteiger partial charge < -0.3 is 10.4 Å². The minimum absolute atomic E-state index is 0.0874. The highest BCUT2D eigenvalue weighted by Crippen LogP contribution is 2.35. The van der Waals surface area contributed by atoms with Crippen LogP contribution in [0.2, 0.25) is 0 Å². The number of aryl methyl sites for hydroxylation is 2. The van der Waals surface area contributed by atoms with Crippen molar-refractivity contribution in [2.45, 2.75) is 26.3 Å². The van der Waals surface area contributed by atoms with Gasteiger partial charge in [0, 0.05) is 24.5 Å². The Kier molecular flexibility index (Phi) is 5.48. The van der Waals surface area contributed by atoms with Crippen LogP contribution in [0.4, 0.5) is 5.69 Å². The minimum atomic E-state index is -1.08. The molecular formula is C19H19N3O3S. The normalized spacial score (nSPS) is 10.7. The number of hydrogen-bond acceptors (Lipinski definition) is 4. The van der Waals surface area contributed by atoms with Gasteiger partial charge in [0.1, 0.15) is 11.3 Å². The van der Waals surface area contributed by atoms with Crippen molar-refractivity contribution in [1.82, 2.24) is 9.78 Å². The van der Waals surface area contributed by atoms with E-state index >= 15 is 0 Å². The van der Waals surface area contributed by atoms with Crippen LogP contribution in [0.5, 0.6) is 0 Å². The summed E-state index contributed by atoms with van der Waals surface area (Å²) in [6.45, 7) is 2.67. The highest BCUT2D eigenvalue weighted by Gasteiger charge is 2.22. The Labute approximate surface area is 155 Å². The molecule has 0 bridgehead atoms. The molecule has 2 N–H and O–H groups in total. The lowest BCUT2D eigenvalue weighted by molar-refractivity contribution is -0.116. The van der Waals surface area contributed by atoms with E-state index in [1.807, 2.05) is 37.3 Å². The first-order valence-electron chi connectivity index (χ1n) is 8.31. The number of aromatic nitrogens is 2. The molecule has 1 aromatic carbocycles.